The first-order chi connectivity index (χ1) is 6.30. The van der Waals surface area contributed by atoms with Gasteiger partial charge in [-0.2, -0.15) is 0 Å². The fraction of sp³-hybridized carbons (Fsp3) is 0.538. The number of rotatable bonds is 1. The van der Waals surface area contributed by atoms with Crippen LogP contribution in [0.2, 0.25) is 0 Å². The Balaban J connectivity index is 1.97. The van der Waals surface area contributed by atoms with Crippen LogP contribution in [0.5, 0.6) is 0 Å². The Bertz CT molecular complexity index is 309. The zero-order valence-corrected chi connectivity index (χ0v) is 8.05. The van der Waals surface area contributed by atoms with Crippen molar-refractivity contribution in [3.63, 3.8) is 0 Å². The molecular formula is C13H16. The molecule has 2 fully saturated rings. The van der Waals surface area contributed by atoms with Crippen molar-refractivity contribution in [1.29, 1.82) is 0 Å². The third-order valence-electron chi connectivity index (χ3n) is 4.22. The molecule has 0 amide bonds. The Kier molecular flexibility index (Phi) is 1.39. The quantitative estimate of drug-likeness (QED) is 0.566. The molecule has 68 valence electrons. The lowest BCUT2D eigenvalue weighted by molar-refractivity contribution is 0.366. The number of hydrogen-bond acceptors (Lipinski definition) is 0. The summed E-state index contributed by atoms with van der Waals surface area (Å²) in [6.45, 7) is 4.14. The van der Waals surface area contributed by atoms with Gasteiger partial charge in [0.05, 0.1) is 0 Å². The summed E-state index contributed by atoms with van der Waals surface area (Å²) in [6, 6.07) is 0. The molecule has 0 aliphatic heterocycles. The van der Waals surface area contributed by atoms with E-state index in [2.05, 4.69) is 24.8 Å². The van der Waals surface area contributed by atoms with Gasteiger partial charge in [0.25, 0.3) is 0 Å². The molecule has 0 radical (unpaired) electrons. The highest BCUT2D eigenvalue weighted by molar-refractivity contribution is 5.50. The Morgan fingerprint density at radius 2 is 2.08 bits per heavy atom. The van der Waals surface area contributed by atoms with Gasteiger partial charge in [0.15, 0.2) is 0 Å². The normalized spacial score (nSPS) is 41.7. The van der Waals surface area contributed by atoms with Crippen molar-refractivity contribution in [2.45, 2.75) is 32.1 Å². The van der Waals surface area contributed by atoms with Crippen molar-refractivity contribution in [1.82, 2.24) is 0 Å². The maximum absolute atomic E-state index is 4.14. The molecule has 2 saturated carbocycles. The van der Waals surface area contributed by atoms with Gasteiger partial charge in [0, 0.05) is 0 Å². The summed E-state index contributed by atoms with van der Waals surface area (Å²) in [5.74, 6) is 1.04. The van der Waals surface area contributed by atoms with E-state index in [4.69, 9.17) is 0 Å². The van der Waals surface area contributed by atoms with E-state index >= 15 is 0 Å². The monoisotopic (exact) mass is 172 g/mol. The van der Waals surface area contributed by atoms with E-state index in [-0.39, 0.29) is 0 Å². The minimum Gasteiger partial charge on any atom is -0.0915 e. The second-order valence-corrected chi connectivity index (χ2v) is 4.89. The molecule has 0 N–H and O–H groups in total. The molecule has 0 heterocycles. The smallest absolute Gasteiger partial charge is 0.00384 e. The molecule has 0 aromatic heterocycles. The molecular weight excluding hydrogens is 156 g/mol. The van der Waals surface area contributed by atoms with Crippen molar-refractivity contribution < 1.29 is 0 Å². The summed E-state index contributed by atoms with van der Waals surface area (Å²) in [4.78, 5) is 0. The Morgan fingerprint density at radius 1 is 1.31 bits per heavy atom. The largest absolute Gasteiger partial charge is 0.0915 e. The van der Waals surface area contributed by atoms with Gasteiger partial charge in [-0.05, 0) is 54.6 Å². The first-order valence-corrected chi connectivity index (χ1v) is 5.38. The molecule has 0 aromatic rings. The molecule has 0 atom stereocenters. The van der Waals surface area contributed by atoms with E-state index in [1.54, 1.807) is 5.57 Å². The molecule has 2 bridgehead atoms. The first kappa shape index (κ1) is 7.61. The van der Waals surface area contributed by atoms with Crippen LogP contribution in [0, 0.1) is 11.3 Å². The first-order valence-electron chi connectivity index (χ1n) is 5.38. The van der Waals surface area contributed by atoms with E-state index in [1.807, 2.05) is 0 Å². The van der Waals surface area contributed by atoms with Crippen LogP contribution in [-0.4, -0.2) is 0 Å². The summed E-state index contributed by atoms with van der Waals surface area (Å²) in [5.41, 5.74) is 3.40. The summed E-state index contributed by atoms with van der Waals surface area (Å²) in [6.07, 6.45) is 13.8. The van der Waals surface area contributed by atoms with E-state index in [0.29, 0.717) is 5.41 Å². The fourth-order valence-corrected chi connectivity index (χ4v) is 3.54. The number of allylic oxidation sites excluding steroid dienone is 5. The molecule has 3 aliphatic carbocycles. The van der Waals surface area contributed by atoms with Gasteiger partial charge >= 0.3 is 0 Å². The van der Waals surface area contributed by atoms with E-state index in [9.17, 15) is 0 Å². The average Bonchev–Trinajstić information content (AvgIpc) is 2.77. The number of fused-ring (bicyclic) bond motifs is 2. The highest BCUT2D eigenvalue weighted by Gasteiger charge is 2.47. The minimum absolute atomic E-state index is 0.561. The van der Waals surface area contributed by atoms with Crippen LogP contribution in [0.4, 0.5) is 0 Å². The van der Waals surface area contributed by atoms with Gasteiger partial charge in [-0.3, -0.25) is 0 Å². The van der Waals surface area contributed by atoms with Crippen molar-refractivity contribution >= 4 is 0 Å². The van der Waals surface area contributed by atoms with Crippen LogP contribution < -0.4 is 0 Å². The Morgan fingerprint density at radius 3 is 2.54 bits per heavy atom. The molecule has 0 heteroatoms. The second-order valence-electron chi connectivity index (χ2n) is 4.89. The standard InChI is InChI=1S/C13H16/c1-10-3-2-4-12(10)13-7-5-11(9-13)6-8-13/h2-4,11H,1,5-9H2. The molecule has 3 rings (SSSR count). The third-order valence-corrected chi connectivity index (χ3v) is 4.22. The molecule has 0 saturated heterocycles. The predicted molar refractivity (Wildman–Crippen MR) is 55.4 cm³/mol. The van der Waals surface area contributed by atoms with Gasteiger partial charge in [0.1, 0.15) is 0 Å². The second kappa shape index (κ2) is 2.37. The average molecular weight is 172 g/mol. The van der Waals surface area contributed by atoms with Crippen molar-refractivity contribution in [2.75, 3.05) is 0 Å². The van der Waals surface area contributed by atoms with Gasteiger partial charge < -0.3 is 0 Å². The van der Waals surface area contributed by atoms with E-state index in [1.165, 1.54) is 37.7 Å². The lowest BCUT2D eigenvalue weighted by Crippen LogP contribution is -2.16. The molecule has 3 aliphatic rings. The summed E-state index contributed by atoms with van der Waals surface area (Å²) < 4.78 is 0. The van der Waals surface area contributed by atoms with Gasteiger partial charge in [-0.25, -0.2) is 0 Å². The van der Waals surface area contributed by atoms with Crippen LogP contribution in [0.1, 0.15) is 32.1 Å². The van der Waals surface area contributed by atoms with Crippen LogP contribution in [0.3, 0.4) is 0 Å². The van der Waals surface area contributed by atoms with Crippen molar-refractivity contribution in [3.8, 4) is 0 Å². The van der Waals surface area contributed by atoms with Gasteiger partial charge in [-0.15, -0.1) is 0 Å². The summed E-state index contributed by atoms with van der Waals surface area (Å²) in [7, 11) is 0. The summed E-state index contributed by atoms with van der Waals surface area (Å²) in [5, 5.41) is 0. The van der Waals surface area contributed by atoms with Crippen LogP contribution in [-0.2, 0) is 0 Å². The topological polar surface area (TPSA) is 0 Å². The SMILES string of the molecule is C=C1C=CC=C1C12CCC(CC1)C2. The van der Waals surface area contributed by atoms with Gasteiger partial charge in [-0.1, -0.05) is 24.8 Å². The van der Waals surface area contributed by atoms with Crippen LogP contribution in [0.25, 0.3) is 0 Å². The predicted octanol–water partition coefficient (Wildman–Crippen LogP) is 3.62. The highest BCUT2D eigenvalue weighted by atomic mass is 14.5. The molecule has 0 nitrogen and oxygen atoms in total. The molecule has 13 heavy (non-hydrogen) atoms. The van der Waals surface area contributed by atoms with Crippen LogP contribution >= 0.6 is 0 Å². The zero-order chi connectivity index (χ0) is 8.89. The minimum atomic E-state index is 0.561. The van der Waals surface area contributed by atoms with Crippen LogP contribution in [0.15, 0.2) is 36.0 Å². The van der Waals surface area contributed by atoms with Crippen molar-refractivity contribution in [2.24, 2.45) is 11.3 Å². The van der Waals surface area contributed by atoms with Crippen molar-refractivity contribution in [3.05, 3.63) is 36.0 Å². The molecule has 0 spiro atoms. The lowest BCUT2D eigenvalue weighted by Gasteiger charge is -2.29. The fourth-order valence-electron chi connectivity index (χ4n) is 3.54. The molecule has 0 aromatic carbocycles. The Labute approximate surface area is 80.0 Å². The van der Waals surface area contributed by atoms with E-state index in [0.717, 1.165) is 5.92 Å². The maximum Gasteiger partial charge on any atom is -0.00384 e. The third kappa shape index (κ3) is 0.919. The number of hydrogen-bond donors (Lipinski definition) is 0. The lowest BCUT2D eigenvalue weighted by atomic mass is 9.75. The zero-order valence-electron chi connectivity index (χ0n) is 8.05. The van der Waals surface area contributed by atoms with Gasteiger partial charge in [0.2, 0.25) is 0 Å². The van der Waals surface area contributed by atoms with E-state index < -0.39 is 0 Å². The molecule has 0 unspecified atom stereocenters. The Hall–Kier alpha value is -0.780. The summed E-state index contributed by atoms with van der Waals surface area (Å²) >= 11 is 0. The highest BCUT2D eigenvalue weighted by Crippen LogP contribution is 2.59. The maximum atomic E-state index is 4.14.